The number of nitrogens with zero attached hydrogens (tertiary/aromatic N) is 1. The third kappa shape index (κ3) is 4.56. The number of amides is 1. The number of ether oxygens (including phenoxy) is 1. The first-order valence-electron chi connectivity index (χ1n) is 6.59. The molecule has 0 saturated heterocycles. The number of carbonyl (C=O) groups excluding carboxylic acids is 1. The van der Waals surface area contributed by atoms with Crippen molar-refractivity contribution in [3.8, 4) is 5.75 Å². The SMILES string of the molecule is COc1ccc(CNC(=O)Cc2ccc(C)nc2)cc1Br. The first kappa shape index (κ1) is 15.5. The second kappa shape index (κ2) is 7.22. The molecule has 1 amide bonds. The van der Waals surface area contributed by atoms with Gasteiger partial charge in [-0.05, 0) is 52.2 Å². The zero-order valence-corrected chi connectivity index (χ0v) is 13.6. The molecule has 0 radical (unpaired) electrons. The summed E-state index contributed by atoms with van der Waals surface area (Å²) in [5.74, 6) is 0.753. The van der Waals surface area contributed by atoms with Crippen LogP contribution in [-0.2, 0) is 17.8 Å². The van der Waals surface area contributed by atoms with Crippen LogP contribution in [0.5, 0.6) is 5.75 Å². The summed E-state index contributed by atoms with van der Waals surface area (Å²) in [5, 5.41) is 2.90. The maximum Gasteiger partial charge on any atom is 0.224 e. The number of carbonyl (C=O) groups is 1. The summed E-state index contributed by atoms with van der Waals surface area (Å²) >= 11 is 3.43. The van der Waals surface area contributed by atoms with Gasteiger partial charge in [0.25, 0.3) is 0 Å². The fourth-order valence-corrected chi connectivity index (χ4v) is 2.46. The highest BCUT2D eigenvalue weighted by atomic mass is 79.9. The Bertz CT molecular complexity index is 627. The Kier molecular flexibility index (Phi) is 5.33. The Morgan fingerprint density at radius 1 is 1.29 bits per heavy atom. The lowest BCUT2D eigenvalue weighted by molar-refractivity contribution is -0.120. The van der Waals surface area contributed by atoms with E-state index in [4.69, 9.17) is 4.74 Å². The second-order valence-corrected chi connectivity index (χ2v) is 5.58. The minimum atomic E-state index is -0.0207. The molecule has 110 valence electrons. The lowest BCUT2D eigenvalue weighted by atomic mass is 10.2. The van der Waals surface area contributed by atoms with Gasteiger partial charge < -0.3 is 10.1 Å². The van der Waals surface area contributed by atoms with E-state index < -0.39 is 0 Å². The van der Waals surface area contributed by atoms with E-state index in [1.54, 1.807) is 13.3 Å². The molecule has 0 aliphatic rings. The van der Waals surface area contributed by atoms with Gasteiger partial charge in [-0.1, -0.05) is 12.1 Å². The largest absolute Gasteiger partial charge is 0.496 e. The van der Waals surface area contributed by atoms with Crippen LogP contribution in [0.3, 0.4) is 0 Å². The van der Waals surface area contributed by atoms with E-state index >= 15 is 0 Å². The fourth-order valence-electron chi connectivity index (χ4n) is 1.87. The van der Waals surface area contributed by atoms with Crippen molar-refractivity contribution >= 4 is 21.8 Å². The molecule has 2 rings (SSSR count). The van der Waals surface area contributed by atoms with Crippen LogP contribution >= 0.6 is 15.9 Å². The van der Waals surface area contributed by atoms with Crippen LogP contribution < -0.4 is 10.1 Å². The molecule has 1 aromatic carbocycles. The smallest absolute Gasteiger partial charge is 0.224 e. The molecule has 0 spiro atoms. The molecule has 0 fully saturated rings. The summed E-state index contributed by atoms with van der Waals surface area (Å²) in [6.07, 6.45) is 2.07. The number of pyridine rings is 1. The molecule has 2 aromatic rings. The van der Waals surface area contributed by atoms with Gasteiger partial charge in [-0.25, -0.2) is 0 Å². The molecule has 0 bridgehead atoms. The van der Waals surface area contributed by atoms with Crippen LogP contribution in [-0.4, -0.2) is 18.0 Å². The summed E-state index contributed by atoms with van der Waals surface area (Å²) in [7, 11) is 1.62. The van der Waals surface area contributed by atoms with Gasteiger partial charge in [0.2, 0.25) is 5.91 Å². The molecule has 5 heteroatoms. The highest BCUT2D eigenvalue weighted by Gasteiger charge is 2.05. The van der Waals surface area contributed by atoms with Crippen molar-refractivity contribution in [2.75, 3.05) is 7.11 Å². The Balaban J connectivity index is 1.89. The fraction of sp³-hybridized carbons (Fsp3) is 0.250. The summed E-state index contributed by atoms with van der Waals surface area (Å²) in [5.41, 5.74) is 2.87. The van der Waals surface area contributed by atoms with Crippen LogP contribution in [0.15, 0.2) is 41.0 Å². The second-order valence-electron chi connectivity index (χ2n) is 4.73. The highest BCUT2D eigenvalue weighted by molar-refractivity contribution is 9.10. The van der Waals surface area contributed by atoms with Crippen molar-refractivity contribution in [1.82, 2.24) is 10.3 Å². The Morgan fingerprint density at radius 2 is 2.05 bits per heavy atom. The van der Waals surface area contributed by atoms with Gasteiger partial charge in [0, 0.05) is 18.4 Å². The van der Waals surface area contributed by atoms with E-state index in [0.717, 1.165) is 27.0 Å². The quantitative estimate of drug-likeness (QED) is 0.903. The molecular formula is C16H17BrN2O2. The number of benzene rings is 1. The van der Waals surface area contributed by atoms with E-state index in [-0.39, 0.29) is 5.91 Å². The van der Waals surface area contributed by atoms with Crippen LogP contribution in [0, 0.1) is 6.92 Å². The van der Waals surface area contributed by atoms with Gasteiger partial charge in [-0.3, -0.25) is 9.78 Å². The molecule has 0 aliphatic carbocycles. The van der Waals surface area contributed by atoms with Crippen LogP contribution in [0.25, 0.3) is 0 Å². The van der Waals surface area contributed by atoms with Crippen molar-refractivity contribution in [3.05, 3.63) is 57.8 Å². The van der Waals surface area contributed by atoms with E-state index in [1.165, 1.54) is 0 Å². The number of rotatable bonds is 5. The van der Waals surface area contributed by atoms with Crippen molar-refractivity contribution in [2.24, 2.45) is 0 Å². The molecule has 0 atom stereocenters. The Morgan fingerprint density at radius 3 is 2.67 bits per heavy atom. The Hall–Kier alpha value is -1.88. The van der Waals surface area contributed by atoms with E-state index in [1.807, 2.05) is 37.3 Å². The molecule has 1 heterocycles. The van der Waals surface area contributed by atoms with Gasteiger partial charge >= 0.3 is 0 Å². The summed E-state index contributed by atoms with van der Waals surface area (Å²) in [6.45, 7) is 2.41. The minimum Gasteiger partial charge on any atom is -0.496 e. The molecule has 0 aliphatic heterocycles. The topological polar surface area (TPSA) is 51.2 Å². The lowest BCUT2D eigenvalue weighted by Crippen LogP contribution is -2.24. The van der Waals surface area contributed by atoms with E-state index in [0.29, 0.717) is 13.0 Å². The molecule has 1 aromatic heterocycles. The average Bonchev–Trinajstić information content (AvgIpc) is 2.48. The average molecular weight is 349 g/mol. The minimum absolute atomic E-state index is 0.0207. The van der Waals surface area contributed by atoms with Gasteiger partial charge in [0.1, 0.15) is 5.75 Å². The lowest BCUT2D eigenvalue weighted by Gasteiger charge is -2.08. The third-order valence-corrected chi connectivity index (χ3v) is 3.66. The normalized spacial score (nSPS) is 10.2. The highest BCUT2D eigenvalue weighted by Crippen LogP contribution is 2.25. The third-order valence-electron chi connectivity index (χ3n) is 3.04. The summed E-state index contributed by atoms with van der Waals surface area (Å²) in [6, 6.07) is 9.56. The predicted octanol–water partition coefficient (Wildman–Crippen LogP) is 3.02. The predicted molar refractivity (Wildman–Crippen MR) is 85.2 cm³/mol. The first-order valence-corrected chi connectivity index (χ1v) is 7.38. The number of methoxy groups -OCH3 is 1. The zero-order chi connectivity index (χ0) is 15.2. The van der Waals surface area contributed by atoms with Gasteiger partial charge in [-0.15, -0.1) is 0 Å². The standard InChI is InChI=1S/C16H17BrN2O2/c1-11-3-4-13(9-18-11)8-16(20)19-10-12-5-6-15(21-2)14(17)7-12/h3-7,9H,8,10H2,1-2H3,(H,19,20). The maximum absolute atomic E-state index is 11.9. The molecule has 1 N–H and O–H groups in total. The van der Waals surface area contributed by atoms with Crippen molar-refractivity contribution in [3.63, 3.8) is 0 Å². The molecule has 0 saturated carbocycles. The van der Waals surface area contributed by atoms with Gasteiger partial charge in [0.05, 0.1) is 18.0 Å². The maximum atomic E-state index is 11.9. The summed E-state index contributed by atoms with van der Waals surface area (Å²) in [4.78, 5) is 16.1. The van der Waals surface area contributed by atoms with Crippen molar-refractivity contribution in [2.45, 2.75) is 19.9 Å². The summed E-state index contributed by atoms with van der Waals surface area (Å²) < 4.78 is 6.05. The van der Waals surface area contributed by atoms with Crippen LogP contribution in [0.2, 0.25) is 0 Å². The molecule has 4 nitrogen and oxygen atoms in total. The zero-order valence-electron chi connectivity index (χ0n) is 12.0. The number of aromatic nitrogens is 1. The number of aryl methyl sites for hydroxylation is 1. The Labute approximate surface area is 132 Å². The number of nitrogens with one attached hydrogen (secondary N) is 1. The van der Waals surface area contributed by atoms with Gasteiger partial charge in [-0.2, -0.15) is 0 Å². The number of hydrogen-bond acceptors (Lipinski definition) is 3. The monoisotopic (exact) mass is 348 g/mol. The first-order chi connectivity index (χ1) is 10.1. The van der Waals surface area contributed by atoms with E-state index in [9.17, 15) is 4.79 Å². The molecule has 0 unspecified atom stereocenters. The molecular weight excluding hydrogens is 332 g/mol. The van der Waals surface area contributed by atoms with Crippen molar-refractivity contribution < 1.29 is 9.53 Å². The number of halogens is 1. The van der Waals surface area contributed by atoms with Crippen LogP contribution in [0.1, 0.15) is 16.8 Å². The van der Waals surface area contributed by atoms with E-state index in [2.05, 4.69) is 26.2 Å². The van der Waals surface area contributed by atoms with Gasteiger partial charge in [0.15, 0.2) is 0 Å². The van der Waals surface area contributed by atoms with Crippen molar-refractivity contribution in [1.29, 1.82) is 0 Å². The number of hydrogen-bond donors (Lipinski definition) is 1. The molecule has 21 heavy (non-hydrogen) atoms. The van der Waals surface area contributed by atoms with Crippen LogP contribution in [0.4, 0.5) is 0 Å².